The fraction of sp³-hybridized carbons (Fsp3) is 0.111. The molecular weight excluding hydrogens is 347 g/mol. The second kappa shape index (κ2) is 6.67. The van der Waals surface area contributed by atoms with Crippen molar-refractivity contribution in [2.75, 3.05) is 5.32 Å². The molecule has 0 atom stereocenters. The van der Waals surface area contributed by atoms with Gasteiger partial charge in [0.05, 0.1) is 15.6 Å². The number of para-hydroxylation sites is 1. The zero-order valence-electron chi connectivity index (χ0n) is 12.8. The first-order chi connectivity index (χ1) is 11.5. The summed E-state index contributed by atoms with van der Waals surface area (Å²) in [5.41, 5.74) is 1.93. The number of nitrogens with zero attached hydrogens (tertiary/aromatic N) is 1. The van der Waals surface area contributed by atoms with Gasteiger partial charge in [0, 0.05) is 17.1 Å². The van der Waals surface area contributed by atoms with E-state index in [0.717, 1.165) is 16.5 Å². The van der Waals surface area contributed by atoms with E-state index in [1.807, 2.05) is 31.2 Å². The van der Waals surface area contributed by atoms with E-state index in [4.69, 9.17) is 23.2 Å². The highest BCUT2D eigenvalue weighted by molar-refractivity contribution is 6.42. The number of rotatable bonds is 3. The number of halogens is 2. The van der Waals surface area contributed by atoms with Crippen LogP contribution in [-0.4, -0.2) is 10.5 Å². The minimum absolute atomic E-state index is 0.0835. The molecule has 1 heterocycles. The van der Waals surface area contributed by atoms with Gasteiger partial charge in [0.1, 0.15) is 6.54 Å². The third-order valence-corrected chi connectivity index (χ3v) is 4.47. The van der Waals surface area contributed by atoms with E-state index in [1.165, 1.54) is 10.6 Å². The third kappa shape index (κ3) is 3.30. The van der Waals surface area contributed by atoms with Gasteiger partial charge in [0.25, 0.3) is 5.56 Å². The van der Waals surface area contributed by atoms with Crippen LogP contribution in [-0.2, 0) is 11.3 Å². The monoisotopic (exact) mass is 360 g/mol. The van der Waals surface area contributed by atoms with Crippen LogP contribution in [0, 0.1) is 6.92 Å². The predicted octanol–water partition coefficient (Wildman–Crippen LogP) is 4.26. The Morgan fingerprint density at radius 2 is 1.83 bits per heavy atom. The van der Waals surface area contributed by atoms with Crippen LogP contribution in [0.3, 0.4) is 0 Å². The number of anilines is 1. The molecule has 3 aromatic rings. The van der Waals surface area contributed by atoms with E-state index in [0.29, 0.717) is 15.7 Å². The topological polar surface area (TPSA) is 51.1 Å². The van der Waals surface area contributed by atoms with Crippen LogP contribution in [0.5, 0.6) is 0 Å². The van der Waals surface area contributed by atoms with Gasteiger partial charge in [0.15, 0.2) is 0 Å². The molecule has 1 aromatic heterocycles. The summed E-state index contributed by atoms with van der Waals surface area (Å²) in [4.78, 5) is 24.6. The summed E-state index contributed by atoms with van der Waals surface area (Å²) >= 11 is 11.8. The minimum Gasteiger partial charge on any atom is -0.324 e. The summed E-state index contributed by atoms with van der Waals surface area (Å²) in [7, 11) is 0. The Labute approximate surface area is 148 Å². The molecule has 6 heteroatoms. The van der Waals surface area contributed by atoms with Gasteiger partial charge in [-0.1, -0.05) is 41.4 Å². The minimum atomic E-state index is -0.315. The summed E-state index contributed by atoms with van der Waals surface area (Å²) in [6.07, 6.45) is 0. The summed E-state index contributed by atoms with van der Waals surface area (Å²) < 4.78 is 1.45. The summed E-state index contributed by atoms with van der Waals surface area (Å²) in [5.74, 6) is -0.315. The Morgan fingerprint density at radius 3 is 2.58 bits per heavy atom. The number of amides is 1. The van der Waals surface area contributed by atoms with Crippen molar-refractivity contribution in [3.05, 3.63) is 74.5 Å². The Kier molecular flexibility index (Phi) is 4.60. The molecule has 0 bridgehead atoms. The van der Waals surface area contributed by atoms with Crippen molar-refractivity contribution in [2.45, 2.75) is 13.5 Å². The van der Waals surface area contributed by atoms with E-state index in [-0.39, 0.29) is 18.0 Å². The number of hydrogen-bond donors (Lipinski definition) is 1. The number of nitrogens with one attached hydrogen (secondary N) is 1. The molecule has 4 nitrogen and oxygen atoms in total. The number of carbonyl (C=O) groups excluding carboxylic acids is 1. The molecule has 2 aromatic carbocycles. The maximum Gasteiger partial charge on any atom is 0.251 e. The van der Waals surface area contributed by atoms with Crippen LogP contribution in [0.4, 0.5) is 5.69 Å². The molecule has 0 spiro atoms. The molecular formula is C18H14Cl2N2O2. The van der Waals surface area contributed by atoms with Crippen molar-refractivity contribution >= 4 is 45.7 Å². The molecule has 122 valence electrons. The van der Waals surface area contributed by atoms with Crippen LogP contribution in [0.25, 0.3) is 10.9 Å². The van der Waals surface area contributed by atoms with E-state index in [2.05, 4.69) is 5.32 Å². The third-order valence-electron chi connectivity index (χ3n) is 3.73. The maximum absolute atomic E-state index is 12.3. The van der Waals surface area contributed by atoms with E-state index < -0.39 is 0 Å². The van der Waals surface area contributed by atoms with Gasteiger partial charge in [-0.3, -0.25) is 14.2 Å². The standard InChI is InChI=1S/C18H14Cl2N2O2/c1-11-8-18(24)22(16-5-3-2-4-13(11)16)10-17(23)21-12-6-7-14(19)15(20)9-12/h2-9H,10H2,1H3,(H,21,23). The Morgan fingerprint density at radius 1 is 1.08 bits per heavy atom. The molecule has 0 unspecified atom stereocenters. The van der Waals surface area contributed by atoms with Crippen LogP contribution < -0.4 is 10.9 Å². The number of pyridine rings is 1. The smallest absolute Gasteiger partial charge is 0.251 e. The maximum atomic E-state index is 12.3. The molecule has 1 N–H and O–H groups in total. The highest BCUT2D eigenvalue weighted by Crippen LogP contribution is 2.25. The predicted molar refractivity (Wildman–Crippen MR) is 98.0 cm³/mol. The zero-order chi connectivity index (χ0) is 17.3. The van der Waals surface area contributed by atoms with Crippen molar-refractivity contribution in [3.63, 3.8) is 0 Å². The zero-order valence-corrected chi connectivity index (χ0v) is 14.4. The first-order valence-corrected chi connectivity index (χ1v) is 8.05. The molecule has 0 saturated heterocycles. The van der Waals surface area contributed by atoms with Crippen LogP contribution in [0.15, 0.2) is 53.3 Å². The largest absolute Gasteiger partial charge is 0.324 e. The van der Waals surface area contributed by atoms with Crippen molar-refractivity contribution in [2.24, 2.45) is 0 Å². The molecule has 24 heavy (non-hydrogen) atoms. The first-order valence-electron chi connectivity index (χ1n) is 7.30. The molecule has 0 saturated carbocycles. The number of benzene rings is 2. The highest BCUT2D eigenvalue weighted by atomic mass is 35.5. The quantitative estimate of drug-likeness (QED) is 0.758. The average Bonchev–Trinajstić information content (AvgIpc) is 2.55. The van der Waals surface area contributed by atoms with E-state index in [1.54, 1.807) is 18.2 Å². The number of aryl methyl sites for hydroxylation is 1. The summed E-state index contributed by atoms with van der Waals surface area (Å²) in [6, 6.07) is 13.9. The van der Waals surface area contributed by atoms with Crippen molar-refractivity contribution in [1.82, 2.24) is 4.57 Å². The van der Waals surface area contributed by atoms with Crippen LogP contribution in [0.2, 0.25) is 10.0 Å². The van der Waals surface area contributed by atoms with Crippen molar-refractivity contribution in [1.29, 1.82) is 0 Å². The lowest BCUT2D eigenvalue weighted by Crippen LogP contribution is -2.27. The molecule has 0 fully saturated rings. The summed E-state index contributed by atoms with van der Waals surface area (Å²) in [6.45, 7) is 1.80. The van der Waals surface area contributed by atoms with Gasteiger partial charge < -0.3 is 5.32 Å². The normalized spacial score (nSPS) is 10.8. The van der Waals surface area contributed by atoms with Gasteiger partial charge >= 0.3 is 0 Å². The van der Waals surface area contributed by atoms with Crippen molar-refractivity contribution in [3.8, 4) is 0 Å². The van der Waals surface area contributed by atoms with Crippen LogP contribution >= 0.6 is 23.2 Å². The number of fused-ring (bicyclic) bond motifs is 1. The molecule has 3 rings (SSSR count). The van der Waals surface area contributed by atoms with Gasteiger partial charge in [-0.15, -0.1) is 0 Å². The Bertz CT molecular complexity index is 996. The second-order valence-electron chi connectivity index (χ2n) is 5.45. The number of carbonyl (C=O) groups is 1. The highest BCUT2D eigenvalue weighted by Gasteiger charge is 2.11. The lowest BCUT2D eigenvalue weighted by atomic mass is 10.1. The van der Waals surface area contributed by atoms with E-state index >= 15 is 0 Å². The molecule has 0 aliphatic rings. The molecule has 1 amide bonds. The van der Waals surface area contributed by atoms with Gasteiger partial charge in [0.2, 0.25) is 5.91 Å². The fourth-order valence-corrected chi connectivity index (χ4v) is 2.88. The van der Waals surface area contributed by atoms with Crippen molar-refractivity contribution < 1.29 is 4.79 Å². The Balaban J connectivity index is 1.91. The molecule has 0 radical (unpaired) electrons. The number of aromatic nitrogens is 1. The summed E-state index contributed by atoms with van der Waals surface area (Å²) in [5, 5.41) is 4.43. The lowest BCUT2D eigenvalue weighted by molar-refractivity contribution is -0.116. The van der Waals surface area contributed by atoms with E-state index in [9.17, 15) is 9.59 Å². The fourth-order valence-electron chi connectivity index (χ4n) is 2.58. The lowest BCUT2D eigenvalue weighted by Gasteiger charge is -2.12. The van der Waals surface area contributed by atoms with Gasteiger partial charge in [-0.2, -0.15) is 0 Å². The first kappa shape index (κ1) is 16.6. The van der Waals surface area contributed by atoms with Gasteiger partial charge in [-0.25, -0.2) is 0 Å². The van der Waals surface area contributed by atoms with Crippen LogP contribution in [0.1, 0.15) is 5.56 Å². The molecule has 0 aliphatic carbocycles. The van der Waals surface area contributed by atoms with Gasteiger partial charge in [-0.05, 0) is 36.8 Å². The average molecular weight is 361 g/mol. The molecule has 0 aliphatic heterocycles. The second-order valence-corrected chi connectivity index (χ2v) is 6.26. The SMILES string of the molecule is Cc1cc(=O)n(CC(=O)Nc2ccc(Cl)c(Cl)c2)c2ccccc12. The Hall–Kier alpha value is -2.30. The number of hydrogen-bond acceptors (Lipinski definition) is 2.